The smallest absolute Gasteiger partial charge is 0.264 e. The van der Waals surface area contributed by atoms with Crippen LogP contribution in [0, 0.1) is 0 Å². The molecule has 0 saturated heterocycles. The van der Waals surface area contributed by atoms with Crippen LogP contribution in [-0.4, -0.2) is 16.8 Å². The van der Waals surface area contributed by atoms with E-state index in [1.807, 2.05) is 41.8 Å². The molecule has 1 unspecified atom stereocenters. The third-order valence-corrected chi connectivity index (χ3v) is 6.86. The molecule has 0 radical (unpaired) electrons. The largest absolute Gasteiger partial charge is 0.375 e. The number of hydrogen-bond acceptors (Lipinski definition) is 4. The van der Waals surface area contributed by atoms with Crippen LogP contribution in [0.3, 0.4) is 0 Å². The van der Waals surface area contributed by atoms with Crippen LogP contribution in [0.4, 0.5) is 5.69 Å². The van der Waals surface area contributed by atoms with E-state index in [9.17, 15) is 14.7 Å². The number of rotatable bonds is 6. The molecule has 1 aliphatic rings. The molecule has 4 rings (SSSR count). The summed E-state index contributed by atoms with van der Waals surface area (Å²) in [6, 6.07) is 16.7. The van der Waals surface area contributed by atoms with E-state index < -0.39 is 11.5 Å². The van der Waals surface area contributed by atoms with E-state index in [2.05, 4.69) is 29.8 Å². The Kier molecular flexibility index (Phi) is 5.66. The number of anilines is 1. The van der Waals surface area contributed by atoms with Crippen LogP contribution in [0.2, 0.25) is 0 Å². The van der Waals surface area contributed by atoms with Crippen molar-refractivity contribution in [2.45, 2.75) is 38.3 Å². The molecule has 1 aromatic heterocycles. The van der Waals surface area contributed by atoms with Gasteiger partial charge in [-0.05, 0) is 41.1 Å². The first-order chi connectivity index (χ1) is 14.3. The van der Waals surface area contributed by atoms with Crippen molar-refractivity contribution in [3.05, 3.63) is 86.0 Å². The van der Waals surface area contributed by atoms with Crippen LogP contribution >= 0.6 is 27.3 Å². The minimum absolute atomic E-state index is 0.259. The first-order valence-corrected chi connectivity index (χ1v) is 11.5. The zero-order valence-electron chi connectivity index (χ0n) is 16.8. The summed E-state index contributed by atoms with van der Waals surface area (Å²) in [7, 11) is 0. The first kappa shape index (κ1) is 21.0. The number of hydrogen-bond donors (Lipinski definition) is 1. The van der Waals surface area contributed by atoms with E-state index in [4.69, 9.17) is 0 Å². The highest BCUT2D eigenvalue weighted by molar-refractivity contribution is 9.10. The Balaban J connectivity index is 1.67. The molecule has 0 bridgehead atoms. The van der Waals surface area contributed by atoms with E-state index in [0.29, 0.717) is 29.3 Å². The van der Waals surface area contributed by atoms with Crippen molar-refractivity contribution in [3.63, 3.8) is 0 Å². The maximum atomic E-state index is 13.3. The number of nitrogens with zero attached hydrogens (tertiary/aromatic N) is 1. The number of thiophene rings is 1. The number of Topliss-reactive ketones (excluding diaryl/α,β-unsaturated/α-hetero) is 1. The highest BCUT2D eigenvalue weighted by Gasteiger charge is 2.51. The van der Waals surface area contributed by atoms with Gasteiger partial charge in [0.05, 0.1) is 18.7 Å². The molecule has 4 nitrogen and oxygen atoms in total. The molecule has 30 heavy (non-hydrogen) atoms. The Morgan fingerprint density at radius 3 is 2.53 bits per heavy atom. The minimum atomic E-state index is -1.88. The maximum absolute atomic E-state index is 13.3. The average molecular weight is 484 g/mol. The Labute approximate surface area is 188 Å². The van der Waals surface area contributed by atoms with Crippen molar-refractivity contribution in [2.75, 3.05) is 4.90 Å². The molecule has 0 fully saturated rings. The zero-order chi connectivity index (χ0) is 21.5. The summed E-state index contributed by atoms with van der Waals surface area (Å²) in [5, 5.41) is 13.4. The van der Waals surface area contributed by atoms with Crippen LogP contribution < -0.4 is 4.90 Å². The average Bonchev–Trinajstić information content (AvgIpc) is 3.30. The standard InChI is InChI=1S/C24H22BrNO3S/c1-15(2)16-5-7-17(8-6-16)22(27)13-24(29)20-12-18(25)9-10-21(20)26(23(24)28)14-19-4-3-11-30-19/h3-12,15,29H,13-14H2,1-2H3. The van der Waals surface area contributed by atoms with Crippen molar-refractivity contribution < 1.29 is 14.7 Å². The predicted octanol–water partition coefficient (Wildman–Crippen LogP) is 5.64. The SMILES string of the molecule is CC(C)c1ccc(C(=O)CC2(O)C(=O)N(Cc3cccs3)c3ccc(Br)cc32)cc1. The van der Waals surface area contributed by atoms with Crippen molar-refractivity contribution in [3.8, 4) is 0 Å². The highest BCUT2D eigenvalue weighted by atomic mass is 79.9. The summed E-state index contributed by atoms with van der Waals surface area (Å²) in [6.07, 6.45) is -0.294. The van der Waals surface area contributed by atoms with E-state index in [-0.39, 0.29) is 12.2 Å². The van der Waals surface area contributed by atoms with Gasteiger partial charge in [-0.25, -0.2) is 0 Å². The van der Waals surface area contributed by atoms with Gasteiger partial charge in [0.1, 0.15) is 0 Å². The third kappa shape index (κ3) is 3.75. The van der Waals surface area contributed by atoms with Crippen LogP contribution in [0.5, 0.6) is 0 Å². The zero-order valence-corrected chi connectivity index (χ0v) is 19.2. The summed E-state index contributed by atoms with van der Waals surface area (Å²) in [4.78, 5) is 28.9. The van der Waals surface area contributed by atoms with Crippen molar-refractivity contribution in [1.82, 2.24) is 0 Å². The highest BCUT2D eigenvalue weighted by Crippen LogP contribution is 2.45. The second kappa shape index (κ2) is 8.10. The Morgan fingerprint density at radius 1 is 1.17 bits per heavy atom. The van der Waals surface area contributed by atoms with E-state index >= 15 is 0 Å². The first-order valence-electron chi connectivity index (χ1n) is 9.79. The number of halogens is 1. The molecule has 154 valence electrons. The quantitative estimate of drug-likeness (QED) is 0.461. The van der Waals surface area contributed by atoms with Crippen molar-refractivity contribution in [1.29, 1.82) is 0 Å². The lowest BCUT2D eigenvalue weighted by molar-refractivity contribution is -0.136. The van der Waals surface area contributed by atoms with Gasteiger partial charge in [0.15, 0.2) is 11.4 Å². The van der Waals surface area contributed by atoms with Crippen molar-refractivity contribution >= 4 is 44.6 Å². The molecule has 1 aliphatic heterocycles. The van der Waals surface area contributed by atoms with Gasteiger partial charge in [-0.15, -0.1) is 11.3 Å². The summed E-state index contributed by atoms with van der Waals surface area (Å²) in [5.74, 6) is -0.356. The van der Waals surface area contributed by atoms with Gasteiger partial charge in [-0.1, -0.05) is 60.1 Å². The fraction of sp³-hybridized carbons (Fsp3) is 0.250. The molecular weight excluding hydrogens is 462 g/mol. The molecule has 6 heteroatoms. The van der Waals surface area contributed by atoms with Gasteiger partial charge in [-0.3, -0.25) is 9.59 Å². The molecule has 0 spiro atoms. The number of fused-ring (bicyclic) bond motifs is 1. The Hall–Kier alpha value is -2.28. The molecule has 2 aromatic carbocycles. The minimum Gasteiger partial charge on any atom is -0.375 e. The van der Waals surface area contributed by atoms with Crippen LogP contribution in [0.15, 0.2) is 64.5 Å². The van der Waals surface area contributed by atoms with Crippen LogP contribution in [0.1, 0.15) is 52.5 Å². The molecule has 3 aromatic rings. The Morgan fingerprint density at radius 2 is 1.90 bits per heavy atom. The molecule has 0 aliphatic carbocycles. The number of amides is 1. The van der Waals surface area contributed by atoms with Crippen LogP contribution in [0.25, 0.3) is 0 Å². The predicted molar refractivity (Wildman–Crippen MR) is 123 cm³/mol. The summed E-state index contributed by atoms with van der Waals surface area (Å²) in [6.45, 7) is 4.55. The van der Waals surface area contributed by atoms with Gasteiger partial charge >= 0.3 is 0 Å². The number of ketones is 1. The van der Waals surface area contributed by atoms with Gasteiger partial charge in [0.25, 0.3) is 5.91 Å². The van der Waals surface area contributed by atoms with E-state index in [1.165, 1.54) is 0 Å². The van der Waals surface area contributed by atoms with Gasteiger partial charge in [-0.2, -0.15) is 0 Å². The maximum Gasteiger partial charge on any atom is 0.264 e. The second-order valence-electron chi connectivity index (χ2n) is 7.87. The molecular formula is C24H22BrNO3S. The fourth-order valence-electron chi connectivity index (χ4n) is 3.80. The van der Waals surface area contributed by atoms with Crippen LogP contribution in [-0.2, 0) is 16.9 Å². The molecule has 1 N–H and O–H groups in total. The Bertz CT molecular complexity index is 1090. The summed E-state index contributed by atoms with van der Waals surface area (Å²) < 4.78 is 0.749. The van der Waals surface area contributed by atoms with Gasteiger partial charge in [0.2, 0.25) is 0 Å². The van der Waals surface area contributed by atoms with E-state index in [1.54, 1.807) is 34.4 Å². The lowest BCUT2D eigenvalue weighted by Gasteiger charge is -2.22. The number of carbonyl (C=O) groups excluding carboxylic acids is 2. The fourth-order valence-corrected chi connectivity index (χ4v) is 4.85. The van der Waals surface area contributed by atoms with Gasteiger partial charge in [0, 0.05) is 20.5 Å². The molecule has 1 amide bonds. The number of benzene rings is 2. The lowest BCUT2D eigenvalue weighted by atomic mass is 9.87. The summed E-state index contributed by atoms with van der Waals surface area (Å²) in [5.41, 5.74) is 0.851. The summed E-state index contributed by atoms with van der Waals surface area (Å²) >= 11 is 4.98. The monoisotopic (exact) mass is 483 g/mol. The topological polar surface area (TPSA) is 57.6 Å². The number of aliphatic hydroxyl groups is 1. The van der Waals surface area contributed by atoms with Gasteiger partial charge < -0.3 is 10.0 Å². The number of carbonyl (C=O) groups is 2. The third-order valence-electron chi connectivity index (χ3n) is 5.50. The second-order valence-corrected chi connectivity index (χ2v) is 9.82. The molecule has 1 atom stereocenters. The van der Waals surface area contributed by atoms with Crippen molar-refractivity contribution in [2.24, 2.45) is 0 Å². The normalized spacial score (nSPS) is 18.2. The molecule has 0 saturated carbocycles. The lowest BCUT2D eigenvalue weighted by Crippen LogP contribution is -2.41. The van der Waals surface area contributed by atoms with E-state index in [0.717, 1.165) is 14.9 Å². The molecule has 2 heterocycles.